The van der Waals surface area contributed by atoms with Crippen LogP contribution in [-0.2, 0) is 4.79 Å². The summed E-state index contributed by atoms with van der Waals surface area (Å²) in [4.78, 5) is 11.7. The fraction of sp³-hybridized carbons (Fsp3) is 0.923. The highest BCUT2D eigenvalue weighted by atomic mass is 32.2. The summed E-state index contributed by atoms with van der Waals surface area (Å²) in [5, 5.41) is 20.8. The Morgan fingerprint density at radius 1 is 1.28 bits per heavy atom. The molecule has 0 aliphatic carbocycles. The van der Waals surface area contributed by atoms with Crippen molar-refractivity contribution in [2.45, 2.75) is 52.7 Å². The Kier molecular flexibility index (Phi) is 7.25. The first-order valence-electron chi connectivity index (χ1n) is 6.23. The fourth-order valence-corrected chi connectivity index (χ4v) is 2.88. The van der Waals surface area contributed by atoms with E-state index in [4.69, 9.17) is 10.2 Å². The molecule has 0 spiro atoms. The minimum Gasteiger partial charge on any atom is -0.394 e. The van der Waals surface area contributed by atoms with E-state index in [1.165, 1.54) is 11.8 Å². The summed E-state index contributed by atoms with van der Waals surface area (Å²) in [6, 6.07) is 0. The summed E-state index contributed by atoms with van der Waals surface area (Å²) >= 11 is 1.33. The van der Waals surface area contributed by atoms with Gasteiger partial charge in [0.15, 0.2) is 0 Å². The summed E-state index contributed by atoms with van der Waals surface area (Å²) in [7, 11) is 0. The van der Waals surface area contributed by atoms with Gasteiger partial charge in [-0.2, -0.15) is 0 Å². The third kappa shape index (κ3) is 9.74. The average Bonchev–Trinajstić information content (AvgIpc) is 2.12. The SMILES string of the molecule is CC(C)(C)CC(C)(C)NC(=O)CSCC(O)CO. The zero-order valence-electron chi connectivity index (χ0n) is 12.1. The maximum Gasteiger partial charge on any atom is 0.230 e. The van der Waals surface area contributed by atoms with Crippen LogP contribution in [0.2, 0.25) is 0 Å². The largest absolute Gasteiger partial charge is 0.394 e. The predicted molar refractivity (Wildman–Crippen MR) is 76.7 cm³/mol. The quantitative estimate of drug-likeness (QED) is 0.658. The number of carbonyl (C=O) groups excluding carboxylic acids is 1. The van der Waals surface area contributed by atoms with Crippen LogP contribution >= 0.6 is 11.8 Å². The van der Waals surface area contributed by atoms with Gasteiger partial charge in [0.2, 0.25) is 5.91 Å². The number of rotatable bonds is 7. The van der Waals surface area contributed by atoms with E-state index in [0.29, 0.717) is 11.5 Å². The van der Waals surface area contributed by atoms with Crippen LogP contribution in [0.5, 0.6) is 0 Å². The molecule has 0 aliphatic rings. The summed E-state index contributed by atoms with van der Waals surface area (Å²) in [5.41, 5.74) is -0.0670. The number of hydrogen-bond donors (Lipinski definition) is 3. The molecule has 0 aromatic rings. The van der Waals surface area contributed by atoms with Gasteiger partial charge in [0, 0.05) is 11.3 Å². The van der Waals surface area contributed by atoms with Gasteiger partial charge in [0.25, 0.3) is 0 Å². The second-order valence-corrected chi connectivity index (χ2v) is 7.55. The van der Waals surface area contributed by atoms with E-state index in [1.807, 2.05) is 13.8 Å². The number of aliphatic hydroxyl groups excluding tert-OH is 2. The Morgan fingerprint density at radius 3 is 2.28 bits per heavy atom. The van der Waals surface area contributed by atoms with Crippen molar-refractivity contribution >= 4 is 17.7 Å². The van der Waals surface area contributed by atoms with Crippen LogP contribution in [0.4, 0.5) is 0 Å². The zero-order chi connectivity index (χ0) is 14.4. The summed E-state index contributed by atoms with van der Waals surface area (Å²) in [6.45, 7) is 10.2. The molecule has 18 heavy (non-hydrogen) atoms. The standard InChI is InChI=1S/C13H27NO3S/c1-12(2,3)9-13(4,5)14-11(17)8-18-7-10(16)6-15/h10,15-16H,6-9H2,1-5H3,(H,14,17). The number of thioether (sulfide) groups is 1. The van der Waals surface area contributed by atoms with E-state index in [0.717, 1.165) is 6.42 Å². The molecule has 0 saturated heterocycles. The van der Waals surface area contributed by atoms with Gasteiger partial charge in [-0.1, -0.05) is 20.8 Å². The van der Waals surface area contributed by atoms with Crippen molar-refractivity contribution in [2.24, 2.45) is 5.41 Å². The molecular formula is C13H27NO3S. The lowest BCUT2D eigenvalue weighted by molar-refractivity contribution is -0.120. The predicted octanol–water partition coefficient (Wildman–Crippen LogP) is 1.40. The van der Waals surface area contributed by atoms with Crippen molar-refractivity contribution in [1.82, 2.24) is 5.32 Å². The highest BCUT2D eigenvalue weighted by Gasteiger charge is 2.26. The van der Waals surface area contributed by atoms with Crippen molar-refractivity contribution in [3.05, 3.63) is 0 Å². The molecule has 0 fully saturated rings. The van der Waals surface area contributed by atoms with E-state index in [9.17, 15) is 4.79 Å². The average molecular weight is 277 g/mol. The first-order valence-corrected chi connectivity index (χ1v) is 7.39. The van der Waals surface area contributed by atoms with Gasteiger partial charge in [-0.05, 0) is 25.7 Å². The number of aliphatic hydroxyl groups is 2. The van der Waals surface area contributed by atoms with E-state index in [1.54, 1.807) is 0 Å². The Balaban J connectivity index is 4.00. The van der Waals surface area contributed by atoms with Gasteiger partial charge in [-0.25, -0.2) is 0 Å². The van der Waals surface area contributed by atoms with Crippen molar-refractivity contribution in [3.8, 4) is 0 Å². The molecule has 1 amide bonds. The van der Waals surface area contributed by atoms with E-state index in [2.05, 4.69) is 26.1 Å². The Bertz CT molecular complexity index is 261. The number of amides is 1. The van der Waals surface area contributed by atoms with Gasteiger partial charge in [-0.3, -0.25) is 4.79 Å². The fourth-order valence-electron chi connectivity index (χ4n) is 2.12. The lowest BCUT2D eigenvalue weighted by atomic mass is 9.82. The summed E-state index contributed by atoms with van der Waals surface area (Å²) in [5.74, 6) is 0.660. The third-order valence-corrected chi connectivity index (χ3v) is 3.29. The monoisotopic (exact) mass is 277 g/mol. The first-order chi connectivity index (χ1) is 8.06. The normalized spacial score (nSPS) is 14.4. The molecule has 3 N–H and O–H groups in total. The number of carbonyl (C=O) groups is 1. The van der Waals surface area contributed by atoms with Crippen molar-refractivity contribution in [2.75, 3.05) is 18.1 Å². The molecule has 108 valence electrons. The molecule has 0 aromatic carbocycles. The molecule has 0 rings (SSSR count). The Hall–Kier alpha value is -0.260. The Morgan fingerprint density at radius 2 is 1.83 bits per heavy atom. The van der Waals surface area contributed by atoms with Crippen molar-refractivity contribution in [1.29, 1.82) is 0 Å². The zero-order valence-corrected chi connectivity index (χ0v) is 12.9. The lowest BCUT2D eigenvalue weighted by Gasteiger charge is -2.33. The van der Waals surface area contributed by atoms with Crippen molar-refractivity contribution < 1.29 is 15.0 Å². The summed E-state index contributed by atoms with van der Waals surface area (Å²) in [6.07, 6.45) is 0.153. The molecule has 1 unspecified atom stereocenters. The van der Waals surface area contributed by atoms with Crippen LogP contribution in [0.25, 0.3) is 0 Å². The minimum atomic E-state index is -0.745. The van der Waals surface area contributed by atoms with Crippen LogP contribution in [0.1, 0.15) is 41.0 Å². The molecular weight excluding hydrogens is 250 g/mol. The van der Waals surface area contributed by atoms with E-state index in [-0.39, 0.29) is 23.5 Å². The van der Waals surface area contributed by atoms with E-state index >= 15 is 0 Å². The third-order valence-electron chi connectivity index (χ3n) is 2.20. The molecule has 0 heterocycles. The maximum atomic E-state index is 11.7. The van der Waals surface area contributed by atoms with Crippen LogP contribution in [0, 0.1) is 5.41 Å². The Labute approximate surface area is 115 Å². The number of hydrogen-bond acceptors (Lipinski definition) is 4. The second-order valence-electron chi connectivity index (χ2n) is 6.52. The smallest absolute Gasteiger partial charge is 0.230 e. The minimum absolute atomic E-state index is 0.0283. The highest BCUT2D eigenvalue weighted by molar-refractivity contribution is 7.99. The highest BCUT2D eigenvalue weighted by Crippen LogP contribution is 2.26. The second kappa shape index (κ2) is 7.36. The molecule has 5 heteroatoms. The first kappa shape index (κ1) is 17.7. The molecule has 4 nitrogen and oxygen atoms in total. The van der Waals surface area contributed by atoms with Crippen LogP contribution in [0.15, 0.2) is 0 Å². The van der Waals surface area contributed by atoms with Gasteiger partial charge >= 0.3 is 0 Å². The van der Waals surface area contributed by atoms with Gasteiger partial charge in [0.05, 0.1) is 18.5 Å². The summed E-state index contributed by atoms with van der Waals surface area (Å²) < 4.78 is 0. The molecule has 0 radical (unpaired) electrons. The maximum absolute atomic E-state index is 11.7. The molecule has 0 aliphatic heterocycles. The molecule has 0 saturated carbocycles. The lowest BCUT2D eigenvalue weighted by Crippen LogP contribution is -2.46. The van der Waals surface area contributed by atoms with Gasteiger partial charge in [0.1, 0.15) is 0 Å². The van der Waals surface area contributed by atoms with Gasteiger partial charge < -0.3 is 15.5 Å². The molecule has 0 aromatic heterocycles. The van der Waals surface area contributed by atoms with Gasteiger partial charge in [-0.15, -0.1) is 11.8 Å². The topological polar surface area (TPSA) is 69.6 Å². The van der Waals surface area contributed by atoms with Crippen LogP contribution in [-0.4, -0.2) is 45.9 Å². The van der Waals surface area contributed by atoms with Crippen LogP contribution < -0.4 is 5.32 Å². The molecule has 1 atom stereocenters. The number of nitrogens with one attached hydrogen (secondary N) is 1. The molecule has 0 bridgehead atoms. The van der Waals surface area contributed by atoms with Crippen molar-refractivity contribution in [3.63, 3.8) is 0 Å². The van der Waals surface area contributed by atoms with Crippen LogP contribution in [0.3, 0.4) is 0 Å². The van der Waals surface area contributed by atoms with E-state index < -0.39 is 6.10 Å².